The van der Waals surface area contributed by atoms with Crippen molar-refractivity contribution >= 4 is 11.4 Å². The fourth-order valence-electron chi connectivity index (χ4n) is 2.29. The topological polar surface area (TPSA) is 20.3 Å². The van der Waals surface area contributed by atoms with Crippen molar-refractivity contribution < 1.29 is 4.79 Å². The minimum absolute atomic E-state index is 0.143. The minimum Gasteiger partial charge on any atom is -0.299 e. The number of benzene rings is 1. The van der Waals surface area contributed by atoms with Gasteiger partial charge < -0.3 is 0 Å². The fraction of sp³-hybridized carbons (Fsp3) is 0.312. The highest BCUT2D eigenvalue weighted by Crippen LogP contribution is 2.28. The van der Waals surface area contributed by atoms with Crippen LogP contribution >= 0.6 is 0 Å². The maximum atomic E-state index is 12.4. The van der Waals surface area contributed by atoms with Gasteiger partial charge in [0, 0.05) is 17.7 Å². The van der Waals surface area contributed by atoms with Gasteiger partial charge in [0.25, 0.3) is 0 Å². The molecule has 94 valence electrons. The summed E-state index contributed by atoms with van der Waals surface area (Å²) in [6.07, 6.45) is 1.93. The van der Waals surface area contributed by atoms with Gasteiger partial charge in [-0.15, -0.1) is 0 Å². The van der Waals surface area contributed by atoms with Crippen LogP contribution in [-0.4, -0.2) is 30.3 Å². The van der Waals surface area contributed by atoms with E-state index in [-0.39, 0.29) is 5.78 Å². The Hall–Kier alpha value is -1.67. The highest BCUT2D eigenvalue weighted by molar-refractivity contribution is 6.16. The number of fused-ring (bicyclic) bond motifs is 1. The molecule has 0 spiro atoms. The first-order valence-electron chi connectivity index (χ1n) is 6.43. The van der Waals surface area contributed by atoms with Crippen molar-refractivity contribution in [1.29, 1.82) is 0 Å². The number of carbonyl (C=O) groups excluding carboxylic acids is 1. The normalized spacial score (nSPS) is 14.7. The van der Waals surface area contributed by atoms with E-state index in [1.807, 2.05) is 30.3 Å². The lowest BCUT2D eigenvalue weighted by Gasteiger charge is -2.23. The Morgan fingerprint density at radius 2 is 1.72 bits per heavy atom. The number of ketones is 1. The molecule has 18 heavy (non-hydrogen) atoms. The third-order valence-corrected chi connectivity index (χ3v) is 3.45. The van der Waals surface area contributed by atoms with E-state index in [1.165, 1.54) is 0 Å². The molecule has 2 heteroatoms. The highest BCUT2D eigenvalue weighted by Gasteiger charge is 2.22. The first kappa shape index (κ1) is 12.8. The van der Waals surface area contributed by atoms with E-state index in [0.717, 1.165) is 35.4 Å². The molecule has 0 fully saturated rings. The molecular formula is C16H19NO. The van der Waals surface area contributed by atoms with Crippen molar-refractivity contribution in [3.63, 3.8) is 0 Å². The van der Waals surface area contributed by atoms with E-state index < -0.39 is 0 Å². The molecule has 0 saturated carbocycles. The van der Waals surface area contributed by atoms with Gasteiger partial charge in [-0.1, -0.05) is 44.7 Å². The predicted octanol–water partition coefficient (Wildman–Crippen LogP) is 3.16. The number of carbonyl (C=O) groups is 1. The Morgan fingerprint density at radius 3 is 2.33 bits per heavy atom. The molecule has 2 nitrogen and oxygen atoms in total. The van der Waals surface area contributed by atoms with E-state index >= 15 is 0 Å². The molecular weight excluding hydrogens is 222 g/mol. The van der Waals surface area contributed by atoms with Crippen LogP contribution in [0.15, 0.2) is 42.5 Å². The van der Waals surface area contributed by atoms with Gasteiger partial charge in [-0.05, 0) is 30.3 Å². The van der Waals surface area contributed by atoms with Crippen molar-refractivity contribution in [3.8, 4) is 0 Å². The number of nitrogens with zero attached hydrogens (tertiary/aromatic N) is 1. The van der Waals surface area contributed by atoms with E-state index in [0.29, 0.717) is 6.54 Å². The molecule has 0 aliphatic heterocycles. The third kappa shape index (κ3) is 2.29. The molecule has 1 aromatic rings. The van der Waals surface area contributed by atoms with Crippen LogP contribution in [0.4, 0.5) is 0 Å². The van der Waals surface area contributed by atoms with Crippen LogP contribution in [0, 0.1) is 0 Å². The Bertz CT molecular complexity index is 510. The highest BCUT2D eigenvalue weighted by atomic mass is 16.1. The Morgan fingerprint density at radius 1 is 1.11 bits per heavy atom. The maximum Gasteiger partial charge on any atom is 0.190 e. The molecule has 0 radical (unpaired) electrons. The maximum absolute atomic E-state index is 12.4. The van der Waals surface area contributed by atoms with Crippen LogP contribution in [0.3, 0.4) is 0 Å². The van der Waals surface area contributed by atoms with Gasteiger partial charge in [0.1, 0.15) is 0 Å². The number of likely N-dealkylation sites (N-methyl/N-ethyl adjacent to an activating group) is 1. The van der Waals surface area contributed by atoms with Crippen molar-refractivity contribution in [3.05, 3.63) is 53.6 Å². The van der Waals surface area contributed by atoms with Gasteiger partial charge in [0.2, 0.25) is 0 Å². The van der Waals surface area contributed by atoms with Gasteiger partial charge in [-0.2, -0.15) is 0 Å². The lowest BCUT2D eigenvalue weighted by Crippen LogP contribution is -2.29. The second kappa shape index (κ2) is 5.32. The molecule has 0 aromatic heterocycles. The van der Waals surface area contributed by atoms with Crippen molar-refractivity contribution in [2.24, 2.45) is 0 Å². The van der Waals surface area contributed by atoms with Crippen molar-refractivity contribution in [2.75, 3.05) is 19.6 Å². The standard InChI is InChI=1S/C16H19NO/c1-4-17(5-2)11-13-10-12(3)14-8-6-7-9-15(14)16(13)18/h6-10H,3-5,11H2,1-2H3. The first-order chi connectivity index (χ1) is 8.67. The van der Waals surface area contributed by atoms with E-state index in [4.69, 9.17) is 0 Å². The lowest BCUT2D eigenvalue weighted by molar-refractivity contribution is 0.102. The number of hydrogen-bond acceptors (Lipinski definition) is 2. The number of Topliss-reactive ketones (excluding diaryl/α,β-unsaturated/α-hetero) is 1. The quantitative estimate of drug-likeness (QED) is 0.807. The Kier molecular flexibility index (Phi) is 3.78. The average Bonchev–Trinajstić information content (AvgIpc) is 2.41. The summed E-state index contributed by atoms with van der Waals surface area (Å²) in [4.78, 5) is 14.6. The summed E-state index contributed by atoms with van der Waals surface area (Å²) in [7, 11) is 0. The molecule has 0 unspecified atom stereocenters. The monoisotopic (exact) mass is 241 g/mol. The Labute approximate surface area is 109 Å². The van der Waals surface area contributed by atoms with Crippen LogP contribution in [0.2, 0.25) is 0 Å². The second-order valence-electron chi connectivity index (χ2n) is 4.53. The van der Waals surface area contributed by atoms with Gasteiger partial charge in [0.05, 0.1) is 0 Å². The van der Waals surface area contributed by atoms with Crippen LogP contribution in [-0.2, 0) is 0 Å². The Balaban J connectivity index is 2.31. The van der Waals surface area contributed by atoms with E-state index in [1.54, 1.807) is 0 Å². The third-order valence-electron chi connectivity index (χ3n) is 3.45. The molecule has 1 aliphatic carbocycles. The van der Waals surface area contributed by atoms with Gasteiger partial charge >= 0.3 is 0 Å². The summed E-state index contributed by atoms with van der Waals surface area (Å²) in [5.74, 6) is 0.143. The molecule has 0 bridgehead atoms. The lowest BCUT2D eigenvalue weighted by atomic mass is 9.87. The van der Waals surface area contributed by atoms with E-state index in [9.17, 15) is 4.79 Å². The number of rotatable bonds is 4. The molecule has 0 N–H and O–H groups in total. The van der Waals surface area contributed by atoms with Crippen molar-refractivity contribution in [1.82, 2.24) is 4.90 Å². The summed E-state index contributed by atoms with van der Waals surface area (Å²) in [5.41, 5.74) is 3.53. The van der Waals surface area contributed by atoms with Crippen LogP contribution in [0.25, 0.3) is 5.57 Å². The fourth-order valence-corrected chi connectivity index (χ4v) is 2.29. The average molecular weight is 241 g/mol. The van der Waals surface area contributed by atoms with Gasteiger partial charge in [-0.3, -0.25) is 9.69 Å². The first-order valence-corrected chi connectivity index (χ1v) is 6.43. The number of hydrogen-bond donors (Lipinski definition) is 0. The summed E-state index contributed by atoms with van der Waals surface area (Å²) in [6.45, 7) is 10.9. The van der Waals surface area contributed by atoms with E-state index in [2.05, 4.69) is 25.3 Å². The van der Waals surface area contributed by atoms with Gasteiger partial charge in [-0.25, -0.2) is 0 Å². The molecule has 0 saturated heterocycles. The second-order valence-corrected chi connectivity index (χ2v) is 4.53. The predicted molar refractivity (Wildman–Crippen MR) is 75.7 cm³/mol. The molecule has 0 amide bonds. The molecule has 2 rings (SSSR count). The summed E-state index contributed by atoms with van der Waals surface area (Å²) < 4.78 is 0. The zero-order chi connectivity index (χ0) is 13.1. The van der Waals surface area contributed by atoms with Crippen LogP contribution in [0.5, 0.6) is 0 Å². The smallest absolute Gasteiger partial charge is 0.190 e. The van der Waals surface area contributed by atoms with Crippen LogP contribution < -0.4 is 0 Å². The van der Waals surface area contributed by atoms with Crippen LogP contribution in [0.1, 0.15) is 29.8 Å². The molecule has 0 heterocycles. The zero-order valence-corrected chi connectivity index (χ0v) is 11.1. The minimum atomic E-state index is 0.143. The summed E-state index contributed by atoms with van der Waals surface area (Å²) >= 11 is 0. The number of allylic oxidation sites excluding steroid dienone is 2. The zero-order valence-electron chi connectivity index (χ0n) is 11.1. The summed E-state index contributed by atoms with van der Waals surface area (Å²) in [5, 5.41) is 0. The van der Waals surface area contributed by atoms with Crippen molar-refractivity contribution in [2.45, 2.75) is 13.8 Å². The SMILES string of the molecule is C=C1C=C(CN(CC)CC)C(=O)c2ccccc21. The molecule has 1 aromatic carbocycles. The largest absolute Gasteiger partial charge is 0.299 e. The molecule has 1 aliphatic rings. The summed E-state index contributed by atoms with van der Waals surface area (Å²) in [6, 6.07) is 7.70. The molecule has 0 atom stereocenters. The van der Waals surface area contributed by atoms with Gasteiger partial charge in [0.15, 0.2) is 5.78 Å².